The number of nitrogens with two attached hydrogens (primary N) is 1. The van der Waals surface area contributed by atoms with Crippen LogP contribution in [0.15, 0.2) is 12.5 Å². The Bertz CT molecular complexity index is 1450. The lowest BCUT2D eigenvalue weighted by atomic mass is 10.1. The molecule has 5 atom stereocenters. The Morgan fingerprint density at radius 1 is 1.17 bits per heavy atom. The van der Waals surface area contributed by atoms with Gasteiger partial charge >= 0.3 is 23.5 Å². The van der Waals surface area contributed by atoms with E-state index in [-0.39, 0.29) is 23.0 Å². The molecule has 3 rings (SSSR count). The Labute approximate surface area is 250 Å². The van der Waals surface area contributed by atoms with E-state index < -0.39 is 48.4 Å². The van der Waals surface area contributed by atoms with Crippen molar-refractivity contribution in [1.29, 1.82) is 0 Å². The maximum absolute atomic E-state index is 12.3. The SMILES string of the molecule is CCC#Cc1cn(C[C@H]2C[C@@H](OCSSC(C)(C)C)[C@@H](COP(=O)(O)OP(=O)(O)OP(=O)(O)O)O2)c2ncnc(N)c12. The molecule has 1 aliphatic rings. The van der Waals surface area contributed by atoms with Crippen molar-refractivity contribution in [3.05, 3.63) is 18.1 Å². The van der Waals surface area contributed by atoms with Crippen molar-refractivity contribution in [3.8, 4) is 11.8 Å². The fraction of sp³-hybridized carbons (Fsp3) is 0.619. The number of nitrogens with zero attached hydrogens (tertiary/aromatic N) is 3. The van der Waals surface area contributed by atoms with Crippen LogP contribution in [0.5, 0.6) is 0 Å². The van der Waals surface area contributed by atoms with Crippen LogP contribution in [0.1, 0.15) is 46.1 Å². The molecule has 1 fully saturated rings. The van der Waals surface area contributed by atoms with Crippen LogP contribution in [0, 0.1) is 11.8 Å². The second kappa shape index (κ2) is 14.4. The van der Waals surface area contributed by atoms with Crippen molar-refractivity contribution in [2.45, 2.75) is 70.1 Å². The van der Waals surface area contributed by atoms with Gasteiger partial charge in [0.15, 0.2) is 0 Å². The molecular formula is C21H33N4O12P3S2. The molecule has 6 N–H and O–H groups in total. The van der Waals surface area contributed by atoms with Crippen molar-refractivity contribution < 1.29 is 55.9 Å². The summed E-state index contributed by atoms with van der Waals surface area (Å²) in [6, 6.07) is 0. The largest absolute Gasteiger partial charge is 0.490 e. The number of rotatable bonds is 13. The predicted octanol–water partition coefficient (Wildman–Crippen LogP) is 3.80. The topological polar surface area (TPSA) is 235 Å². The molecule has 0 aliphatic carbocycles. The third-order valence-electron chi connectivity index (χ3n) is 5.22. The normalized spacial score (nSPS) is 22.4. The second-order valence-electron chi connectivity index (χ2n) is 9.86. The van der Waals surface area contributed by atoms with Crippen LogP contribution < -0.4 is 5.73 Å². The number of phosphoric acid groups is 3. The summed E-state index contributed by atoms with van der Waals surface area (Å²) in [5.41, 5.74) is 7.28. The summed E-state index contributed by atoms with van der Waals surface area (Å²) in [4.78, 5) is 45.2. The highest BCUT2D eigenvalue weighted by atomic mass is 33.1. The summed E-state index contributed by atoms with van der Waals surface area (Å²) >= 11 is 0. The van der Waals surface area contributed by atoms with E-state index in [1.165, 1.54) is 17.1 Å². The van der Waals surface area contributed by atoms with Crippen molar-refractivity contribution in [1.82, 2.24) is 14.5 Å². The van der Waals surface area contributed by atoms with E-state index in [1.54, 1.807) is 17.0 Å². The fourth-order valence-electron chi connectivity index (χ4n) is 3.81. The van der Waals surface area contributed by atoms with Gasteiger partial charge in [-0.1, -0.05) is 61.1 Å². The van der Waals surface area contributed by atoms with Gasteiger partial charge < -0.3 is 39.3 Å². The first kappa shape index (κ1) is 35.5. The summed E-state index contributed by atoms with van der Waals surface area (Å²) in [5, 5.41) is 0.601. The average Bonchev–Trinajstić information content (AvgIpc) is 3.38. The first-order chi connectivity index (χ1) is 19.4. The van der Waals surface area contributed by atoms with Crippen LogP contribution >= 0.6 is 45.1 Å². The van der Waals surface area contributed by atoms with E-state index in [9.17, 15) is 23.5 Å². The number of hydrogen-bond acceptors (Lipinski definition) is 13. The van der Waals surface area contributed by atoms with Crippen LogP contribution in [0.4, 0.5) is 5.82 Å². The Balaban J connectivity index is 1.75. The molecule has 1 saturated heterocycles. The summed E-state index contributed by atoms with van der Waals surface area (Å²) < 4.78 is 61.1. The van der Waals surface area contributed by atoms with Gasteiger partial charge in [0.2, 0.25) is 0 Å². The molecule has 1 aliphatic heterocycles. The zero-order chi connectivity index (χ0) is 31.3. The number of aromatic nitrogens is 3. The highest BCUT2D eigenvalue weighted by Gasteiger charge is 2.43. The summed E-state index contributed by atoms with van der Waals surface area (Å²) in [6.07, 6.45) is 2.03. The van der Waals surface area contributed by atoms with Gasteiger partial charge in [0.05, 0.1) is 36.3 Å². The summed E-state index contributed by atoms with van der Waals surface area (Å²) in [5.74, 6) is 6.59. The van der Waals surface area contributed by atoms with E-state index in [1.807, 2.05) is 32.3 Å². The second-order valence-corrected chi connectivity index (χ2v) is 17.4. The van der Waals surface area contributed by atoms with Gasteiger partial charge in [-0.15, -0.1) is 0 Å². The minimum absolute atomic E-state index is 0.0307. The lowest BCUT2D eigenvalue weighted by Gasteiger charge is -2.22. The lowest BCUT2D eigenvalue weighted by Crippen LogP contribution is -2.29. The third-order valence-corrected chi connectivity index (χ3v) is 12.0. The molecule has 3 heterocycles. The van der Waals surface area contributed by atoms with Crippen LogP contribution in [0.2, 0.25) is 0 Å². The molecular weight excluding hydrogens is 657 g/mol. The summed E-state index contributed by atoms with van der Waals surface area (Å²) in [6.45, 7) is 7.69. The standard InChI is InChI=1S/C21H33N4O12P3S2/c1-5-6-7-14-9-25(20-18(14)19(22)23-12-24-20)10-15-8-16(33-13-41-42-21(2,3)4)17(35-15)11-34-39(29,30)37-40(31,32)36-38(26,27)28/h9,12,15-17H,5,8,10-11,13H2,1-4H3,(H,29,30)(H,31,32)(H2,22,23,24)(H2,26,27,28)/t15-,16-,17-/m1/s1. The molecule has 16 nitrogen and oxygen atoms in total. The van der Waals surface area contributed by atoms with Crippen molar-refractivity contribution in [2.24, 2.45) is 0 Å². The number of phosphoric ester groups is 1. The van der Waals surface area contributed by atoms with Gasteiger partial charge in [-0.2, -0.15) is 8.62 Å². The van der Waals surface area contributed by atoms with Gasteiger partial charge in [0.25, 0.3) is 0 Å². The molecule has 0 saturated carbocycles. The third kappa shape index (κ3) is 11.2. The van der Waals surface area contributed by atoms with Gasteiger partial charge in [0, 0.05) is 23.8 Å². The maximum Gasteiger partial charge on any atom is 0.490 e. The number of anilines is 1. The molecule has 0 aromatic carbocycles. The van der Waals surface area contributed by atoms with Crippen LogP contribution in [0.25, 0.3) is 11.0 Å². The van der Waals surface area contributed by atoms with E-state index in [4.69, 9.17) is 29.5 Å². The molecule has 2 aromatic rings. The van der Waals surface area contributed by atoms with Crippen LogP contribution in [-0.2, 0) is 42.9 Å². The van der Waals surface area contributed by atoms with Gasteiger partial charge in [0.1, 0.15) is 29.8 Å². The van der Waals surface area contributed by atoms with E-state index >= 15 is 0 Å². The van der Waals surface area contributed by atoms with Gasteiger partial charge in [-0.3, -0.25) is 4.52 Å². The molecule has 21 heteroatoms. The van der Waals surface area contributed by atoms with Crippen molar-refractivity contribution in [2.75, 3.05) is 18.3 Å². The molecule has 0 bridgehead atoms. The van der Waals surface area contributed by atoms with Gasteiger partial charge in [-0.25, -0.2) is 23.7 Å². The number of ether oxygens (including phenoxy) is 2. The summed E-state index contributed by atoms with van der Waals surface area (Å²) in [7, 11) is -13.5. The smallest absolute Gasteiger partial charge is 0.383 e. The Hall–Kier alpha value is -0.990. The number of hydrogen-bond donors (Lipinski definition) is 5. The Morgan fingerprint density at radius 3 is 2.52 bits per heavy atom. The first-order valence-electron chi connectivity index (χ1n) is 12.3. The fourth-order valence-corrected chi connectivity index (χ4v) is 8.85. The van der Waals surface area contributed by atoms with E-state index in [0.717, 1.165) is 0 Å². The highest BCUT2D eigenvalue weighted by molar-refractivity contribution is 8.77. The molecule has 0 radical (unpaired) electrons. The molecule has 2 aromatic heterocycles. The van der Waals surface area contributed by atoms with Crippen LogP contribution in [0.3, 0.4) is 0 Å². The van der Waals surface area contributed by atoms with Crippen molar-refractivity contribution in [3.63, 3.8) is 0 Å². The number of nitrogen functional groups attached to an aromatic ring is 1. The predicted molar refractivity (Wildman–Crippen MR) is 157 cm³/mol. The zero-order valence-electron chi connectivity index (χ0n) is 23.1. The van der Waals surface area contributed by atoms with E-state index in [0.29, 0.717) is 29.4 Å². The maximum atomic E-state index is 12.3. The quantitative estimate of drug-likeness (QED) is 0.0661. The zero-order valence-corrected chi connectivity index (χ0v) is 27.4. The lowest BCUT2D eigenvalue weighted by molar-refractivity contribution is -0.0385. The highest BCUT2D eigenvalue weighted by Crippen LogP contribution is 2.66. The molecule has 0 amide bonds. The Kier molecular flexibility index (Phi) is 12.2. The number of fused-ring (bicyclic) bond motifs is 1. The monoisotopic (exact) mass is 690 g/mol. The molecule has 2 unspecified atom stereocenters. The Morgan fingerprint density at radius 2 is 1.88 bits per heavy atom. The molecule has 236 valence electrons. The van der Waals surface area contributed by atoms with Crippen molar-refractivity contribution >= 4 is 61.9 Å². The minimum atomic E-state index is -5.66. The average molecular weight is 691 g/mol. The first-order valence-corrected chi connectivity index (χ1v) is 19.2. The van der Waals surface area contributed by atoms with E-state index in [2.05, 4.69) is 30.4 Å². The van der Waals surface area contributed by atoms with Crippen LogP contribution in [-0.4, -0.2) is 69.7 Å². The molecule has 0 spiro atoms. The molecule has 42 heavy (non-hydrogen) atoms. The van der Waals surface area contributed by atoms with Gasteiger partial charge in [-0.05, 0) is 0 Å². The minimum Gasteiger partial charge on any atom is -0.383 e.